The third-order valence-electron chi connectivity index (χ3n) is 4.99. The molecule has 1 aliphatic rings. The molecule has 2 aromatic rings. The molecule has 0 radical (unpaired) electrons. The van der Waals surface area contributed by atoms with E-state index in [1.807, 2.05) is 18.2 Å². The van der Waals surface area contributed by atoms with Gasteiger partial charge in [-0.2, -0.15) is 13.2 Å². The molecule has 1 atom stereocenters. The Bertz CT molecular complexity index is 858. The van der Waals surface area contributed by atoms with Gasteiger partial charge in [-0.3, -0.25) is 10.2 Å². The number of hydrazine groups is 1. The van der Waals surface area contributed by atoms with Crippen LogP contribution in [0.4, 0.5) is 13.2 Å². The van der Waals surface area contributed by atoms with Crippen LogP contribution in [0.1, 0.15) is 44.9 Å². The van der Waals surface area contributed by atoms with E-state index in [2.05, 4.69) is 19.3 Å². The summed E-state index contributed by atoms with van der Waals surface area (Å²) in [6, 6.07) is 8.75. The lowest BCUT2D eigenvalue weighted by Gasteiger charge is -2.30. The van der Waals surface area contributed by atoms with Gasteiger partial charge in [-0.25, -0.2) is 5.01 Å². The van der Waals surface area contributed by atoms with Crippen LogP contribution in [0.2, 0.25) is 0 Å². The SMILES string of the molecule is CC(C)Cc1cccc2cc(C(N3CC(C)(C)C(=O)N3)C(F)(F)F)ccc12. The molecule has 1 saturated heterocycles. The van der Waals surface area contributed by atoms with E-state index < -0.39 is 23.5 Å². The van der Waals surface area contributed by atoms with Gasteiger partial charge in [0.05, 0.1) is 5.41 Å². The highest BCUT2D eigenvalue weighted by Gasteiger charge is 2.51. The Morgan fingerprint density at radius 3 is 2.44 bits per heavy atom. The van der Waals surface area contributed by atoms with Gasteiger partial charge in [-0.05, 0) is 54.2 Å². The predicted molar refractivity (Wildman–Crippen MR) is 99.9 cm³/mol. The van der Waals surface area contributed by atoms with E-state index in [0.717, 1.165) is 27.8 Å². The van der Waals surface area contributed by atoms with Gasteiger partial charge in [-0.1, -0.05) is 44.2 Å². The number of carbonyl (C=O) groups excluding carboxylic acids is 1. The second-order valence-electron chi connectivity index (χ2n) is 8.39. The Kier molecular flexibility index (Phi) is 4.97. The Hall–Kier alpha value is -2.08. The maximum Gasteiger partial charge on any atom is 0.409 e. The first kappa shape index (κ1) is 19.7. The summed E-state index contributed by atoms with van der Waals surface area (Å²) >= 11 is 0. The molecule has 1 amide bonds. The minimum absolute atomic E-state index is 0.00142. The number of hydrogen-bond donors (Lipinski definition) is 1. The fourth-order valence-corrected chi connectivity index (χ4v) is 3.68. The molecular weight excluding hydrogens is 353 g/mol. The first-order valence-electron chi connectivity index (χ1n) is 9.15. The molecule has 0 bridgehead atoms. The molecule has 0 spiro atoms. The molecule has 3 nitrogen and oxygen atoms in total. The van der Waals surface area contributed by atoms with Crippen LogP contribution in [0.3, 0.4) is 0 Å². The fraction of sp³-hybridized carbons (Fsp3) is 0.476. The molecule has 1 N–H and O–H groups in total. The lowest BCUT2D eigenvalue weighted by molar-refractivity contribution is -0.191. The first-order chi connectivity index (χ1) is 12.5. The number of benzene rings is 2. The van der Waals surface area contributed by atoms with Gasteiger partial charge in [0, 0.05) is 6.54 Å². The molecule has 1 heterocycles. The predicted octanol–water partition coefficient (Wildman–Crippen LogP) is 5.01. The lowest BCUT2D eigenvalue weighted by Crippen LogP contribution is -2.43. The van der Waals surface area contributed by atoms with Gasteiger partial charge in [0.1, 0.15) is 6.04 Å². The zero-order valence-electron chi connectivity index (χ0n) is 16.0. The Labute approximate surface area is 157 Å². The Morgan fingerprint density at radius 2 is 1.89 bits per heavy atom. The number of hydrogen-bond acceptors (Lipinski definition) is 2. The fourth-order valence-electron chi connectivity index (χ4n) is 3.68. The van der Waals surface area contributed by atoms with Crippen molar-refractivity contribution in [2.24, 2.45) is 11.3 Å². The van der Waals surface area contributed by atoms with E-state index in [4.69, 9.17) is 0 Å². The minimum Gasteiger partial charge on any atom is -0.287 e. The number of alkyl halides is 3. The maximum absolute atomic E-state index is 13.9. The van der Waals surface area contributed by atoms with Crippen LogP contribution in [0, 0.1) is 11.3 Å². The zero-order chi connectivity index (χ0) is 20.0. The molecule has 27 heavy (non-hydrogen) atoms. The smallest absolute Gasteiger partial charge is 0.287 e. The van der Waals surface area contributed by atoms with Crippen LogP contribution < -0.4 is 5.43 Å². The molecule has 0 saturated carbocycles. The average molecular weight is 378 g/mol. The van der Waals surface area contributed by atoms with Crippen molar-refractivity contribution in [3.63, 3.8) is 0 Å². The molecule has 0 aliphatic carbocycles. The van der Waals surface area contributed by atoms with Gasteiger partial charge >= 0.3 is 6.18 Å². The number of nitrogens with zero attached hydrogens (tertiary/aromatic N) is 1. The van der Waals surface area contributed by atoms with Crippen molar-refractivity contribution >= 4 is 16.7 Å². The minimum atomic E-state index is -4.50. The molecule has 146 valence electrons. The van der Waals surface area contributed by atoms with Gasteiger partial charge in [0.15, 0.2) is 0 Å². The molecule has 0 aromatic heterocycles. The Morgan fingerprint density at radius 1 is 1.19 bits per heavy atom. The van der Waals surface area contributed by atoms with Crippen molar-refractivity contribution < 1.29 is 18.0 Å². The summed E-state index contributed by atoms with van der Waals surface area (Å²) in [4.78, 5) is 12.0. The van der Waals surface area contributed by atoms with E-state index in [0.29, 0.717) is 5.92 Å². The van der Waals surface area contributed by atoms with E-state index >= 15 is 0 Å². The summed E-state index contributed by atoms with van der Waals surface area (Å²) < 4.78 is 41.7. The number of amides is 1. The zero-order valence-corrected chi connectivity index (χ0v) is 16.0. The van der Waals surface area contributed by atoms with Crippen LogP contribution in [0.5, 0.6) is 0 Å². The topological polar surface area (TPSA) is 32.3 Å². The molecular formula is C21H25F3N2O. The normalized spacial score (nSPS) is 18.9. The van der Waals surface area contributed by atoms with Gasteiger partial charge in [-0.15, -0.1) is 0 Å². The molecule has 1 fully saturated rings. The van der Waals surface area contributed by atoms with Crippen LogP contribution in [0.15, 0.2) is 36.4 Å². The third-order valence-corrected chi connectivity index (χ3v) is 4.99. The first-order valence-corrected chi connectivity index (χ1v) is 9.15. The highest BCUT2D eigenvalue weighted by molar-refractivity contribution is 5.87. The molecule has 1 unspecified atom stereocenters. The van der Waals surface area contributed by atoms with Crippen molar-refractivity contribution in [3.05, 3.63) is 47.5 Å². The van der Waals surface area contributed by atoms with Crippen LogP contribution in [-0.2, 0) is 11.2 Å². The maximum atomic E-state index is 13.9. The average Bonchev–Trinajstić information content (AvgIpc) is 2.78. The standard InChI is InChI=1S/C21H25F3N2O/c1-13(2)10-14-6-5-7-15-11-16(8-9-17(14)15)18(21(22,23)24)26-12-20(3,4)19(27)25-26/h5-9,11,13,18H,10,12H2,1-4H3,(H,25,27). The summed E-state index contributed by atoms with van der Waals surface area (Å²) in [7, 11) is 0. The summed E-state index contributed by atoms with van der Waals surface area (Å²) in [5, 5.41) is 2.77. The number of fused-ring (bicyclic) bond motifs is 1. The number of halogens is 3. The summed E-state index contributed by atoms with van der Waals surface area (Å²) in [5.41, 5.74) is 2.82. The van der Waals surface area contributed by atoms with Gasteiger partial charge < -0.3 is 0 Å². The highest BCUT2D eigenvalue weighted by atomic mass is 19.4. The van der Waals surface area contributed by atoms with Crippen molar-refractivity contribution in [2.45, 2.75) is 46.3 Å². The number of nitrogens with one attached hydrogen (secondary N) is 1. The molecule has 1 aliphatic heterocycles. The number of carbonyl (C=O) groups is 1. The third kappa shape index (κ3) is 3.95. The van der Waals surface area contributed by atoms with Gasteiger partial charge in [0.25, 0.3) is 0 Å². The van der Waals surface area contributed by atoms with Crippen LogP contribution in [0.25, 0.3) is 10.8 Å². The Balaban J connectivity index is 2.03. The summed E-state index contributed by atoms with van der Waals surface area (Å²) in [6.45, 7) is 7.53. The monoisotopic (exact) mass is 378 g/mol. The van der Waals surface area contributed by atoms with E-state index in [9.17, 15) is 18.0 Å². The van der Waals surface area contributed by atoms with Crippen molar-refractivity contribution in [1.29, 1.82) is 0 Å². The lowest BCUT2D eigenvalue weighted by atomic mass is 9.92. The van der Waals surface area contributed by atoms with Crippen molar-refractivity contribution in [3.8, 4) is 0 Å². The highest BCUT2D eigenvalue weighted by Crippen LogP contribution is 2.41. The quantitative estimate of drug-likeness (QED) is 0.811. The van der Waals surface area contributed by atoms with E-state index in [1.165, 1.54) is 6.07 Å². The van der Waals surface area contributed by atoms with Crippen molar-refractivity contribution in [2.75, 3.05) is 6.54 Å². The van der Waals surface area contributed by atoms with Gasteiger partial charge in [0.2, 0.25) is 5.91 Å². The van der Waals surface area contributed by atoms with Crippen molar-refractivity contribution in [1.82, 2.24) is 10.4 Å². The second kappa shape index (κ2) is 6.82. The number of rotatable bonds is 4. The molecule has 6 heteroatoms. The second-order valence-corrected chi connectivity index (χ2v) is 8.39. The molecule has 3 rings (SSSR count). The van der Waals surface area contributed by atoms with Crippen LogP contribution >= 0.6 is 0 Å². The van der Waals surface area contributed by atoms with Crippen LogP contribution in [-0.4, -0.2) is 23.6 Å². The molecule has 2 aromatic carbocycles. The largest absolute Gasteiger partial charge is 0.409 e. The summed E-state index contributed by atoms with van der Waals surface area (Å²) in [5.74, 6) is 0.0667. The summed E-state index contributed by atoms with van der Waals surface area (Å²) in [6.07, 6.45) is -3.63. The van der Waals surface area contributed by atoms with E-state index in [-0.39, 0.29) is 12.1 Å². The van der Waals surface area contributed by atoms with E-state index in [1.54, 1.807) is 26.0 Å².